The van der Waals surface area contributed by atoms with E-state index in [0.717, 1.165) is 19.1 Å². The lowest BCUT2D eigenvalue weighted by Gasteiger charge is -2.35. The molecule has 0 aromatic rings. The van der Waals surface area contributed by atoms with Crippen molar-refractivity contribution in [3.63, 3.8) is 0 Å². The third-order valence-electron chi connectivity index (χ3n) is 2.97. The van der Waals surface area contributed by atoms with Gasteiger partial charge in [-0.05, 0) is 19.8 Å². The third-order valence-corrected chi connectivity index (χ3v) is 2.97. The van der Waals surface area contributed by atoms with Crippen molar-refractivity contribution in [2.24, 2.45) is 0 Å². The molecule has 0 spiro atoms. The second-order valence-electron chi connectivity index (χ2n) is 4.09. The third kappa shape index (κ3) is 2.56. The highest BCUT2D eigenvalue weighted by Gasteiger charge is 2.26. The van der Waals surface area contributed by atoms with Gasteiger partial charge in [0.2, 0.25) is 5.91 Å². The van der Waals surface area contributed by atoms with Gasteiger partial charge in [-0.25, -0.2) is 0 Å². The fourth-order valence-electron chi connectivity index (χ4n) is 2.30. The fourth-order valence-corrected chi connectivity index (χ4v) is 2.30. The minimum Gasteiger partial charge on any atom is -0.330 e. The highest BCUT2D eigenvalue weighted by atomic mass is 16.2. The molecule has 0 bridgehead atoms. The molecule has 1 aliphatic carbocycles. The van der Waals surface area contributed by atoms with E-state index in [4.69, 9.17) is 0 Å². The lowest BCUT2D eigenvalue weighted by atomic mass is 9.93. The van der Waals surface area contributed by atoms with Crippen LogP contribution in [0.4, 0.5) is 0 Å². The van der Waals surface area contributed by atoms with Crippen LogP contribution in [0.3, 0.4) is 0 Å². The first-order valence-electron chi connectivity index (χ1n) is 5.41. The van der Waals surface area contributed by atoms with Crippen molar-refractivity contribution in [1.82, 2.24) is 4.90 Å². The second-order valence-corrected chi connectivity index (χ2v) is 4.09. The number of hydrogen-bond donors (Lipinski definition) is 0. The molecule has 0 aliphatic heterocycles. The van der Waals surface area contributed by atoms with Crippen LogP contribution in [0.5, 0.6) is 0 Å². The largest absolute Gasteiger partial charge is 0.330 e. The van der Waals surface area contributed by atoms with E-state index >= 15 is 0 Å². The summed E-state index contributed by atoms with van der Waals surface area (Å²) in [5.41, 5.74) is 0. The standard InChI is InChI=1S/C11H19NO2/c1-9(8-13)12(10(2)14)11-6-4-3-5-7-11/h8-9,11H,3-7H2,1-2H3/t9-/m0/s1. The second kappa shape index (κ2) is 5.13. The number of carbonyl (C=O) groups excluding carboxylic acids is 2. The lowest BCUT2D eigenvalue weighted by molar-refractivity contribution is -0.137. The minimum atomic E-state index is -0.268. The summed E-state index contributed by atoms with van der Waals surface area (Å²) in [7, 11) is 0. The molecule has 0 aromatic heterocycles. The maximum atomic E-state index is 11.4. The Morgan fingerprint density at radius 1 is 1.36 bits per heavy atom. The zero-order valence-electron chi connectivity index (χ0n) is 9.03. The molecule has 1 atom stereocenters. The van der Waals surface area contributed by atoms with Crippen LogP contribution in [0.25, 0.3) is 0 Å². The quantitative estimate of drug-likeness (QED) is 0.646. The Kier molecular flexibility index (Phi) is 4.11. The van der Waals surface area contributed by atoms with Crippen molar-refractivity contribution in [1.29, 1.82) is 0 Å². The molecule has 14 heavy (non-hydrogen) atoms. The van der Waals surface area contributed by atoms with Crippen LogP contribution >= 0.6 is 0 Å². The van der Waals surface area contributed by atoms with Crippen molar-refractivity contribution in [2.75, 3.05) is 0 Å². The molecule has 3 nitrogen and oxygen atoms in total. The maximum absolute atomic E-state index is 11.4. The zero-order valence-corrected chi connectivity index (χ0v) is 9.03. The summed E-state index contributed by atoms with van der Waals surface area (Å²) < 4.78 is 0. The monoisotopic (exact) mass is 197 g/mol. The molecule has 1 saturated carbocycles. The Bertz CT molecular complexity index is 209. The molecule has 1 rings (SSSR count). The summed E-state index contributed by atoms with van der Waals surface area (Å²) in [6.45, 7) is 3.34. The SMILES string of the molecule is CC(=O)N(C1CCCCC1)[C@@H](C)C=O. The molecule has 3 heteroatoms. The summed E-state index contributed by atoms with van der Waals surface area (Å²) in [5, 5.41) is 0. The van der Waals surface area contributed by atoms with Gasteiger partial charge in [0, 0.05) is 13.0 Å². The van der Waals surface area contributed by atoms with E-state index in [1.165, 1.54) is 19.3 Å². The summed E-state index contributed by atoms with van der Waals surface area (Å²) in [5.74, 6) is 0.0245. The van der Waals surface area contributed by atoms with Crippen LogP contribution in [-0.2, 0) is 9.59 Å². The van der Waals surface area contributed by atoms with E-state index in [-0.39, 0.29) is 11.9 Å². The Labute approximate surface area is 85.5 Å². The summed E-state index contributed by atoms with van der Waals surface area (Å²) in [6.07, 6.45) is 6.59. The summed E-state index contributed by atoms with van der Waals surface area (Å²) in [4.78, 5) is 23.9. The Balaban J connectivity index is 2.65. The van der Waals surface area contributed by atoms with Crippen molar-refractivity contribution >= 4 is 12.2 Å². The smallest absolute Gasteiger partial charge is 0.220 e. The van der Waals surface area contributed by atoms with Crippen molar-refractivity contribution < 1.29 is 9.59 Å². The highest BCUT2D eigenvalue weighted by molar-refractivity contribution is 5.77. The molecule has 0 heterocycles. The van der Waals surface area contributed by atoms with Crippen molar-refractivity contribution in [2.45, 2.75) is 58.0 Å². The van der Waals surface area contributed by atoms with E-state index in [1.54, 1.807) is 18.7 Å². The first-order valence-corrected chi connectivity index (χ1v) is 5.41. The predicted molar refractivity (Wildman–Crippen MR) is 54.9 cm³/mol. The predicted octanol–water partition coefficient (Wildman–Crippen LogP) is 1.75. The number of rotatable bonds is 3. The average molecular weight is 197 g/mol. The van der Waals surface area contributed by atoms with Gasteiger partial charge in [-0.1, -0.05) is 19.3 Å². The van der Waals surface area contributed by atoms with Gasteiger partial charge in [-0.15, -0.1) is 0 Å². The maximum Gasteiger partial charge on any atom is 0.220 e. The molecule has 0 N–H and O–H groups in total. The molecule has 0 unspecified atom stereocenters. The Morgan fingerprint density at radius 3 is 2.36 bits per heavy atom. The minimum absolute atomic E-state index is 0.0245. The van der Waals surface area contributed by atoms with E-state index < -0.39 is 0 Å². The molecule has 0 saturated heterocycles. The van der Waals surface area contributed by atoms with Crippen LogP contribution in [0.1, 0.15) is 46.0 Å². The van der Waals surface area contributed by atoms with Gasteiger partial charge in [0.15, 0.2) is 0 Å². The van der Waals surface area contributed by atoms with Gasteiger partial charge in [0.25, 0.3) is 0 Å². The first kappa shape index (κ1) is 11.2. The lowest BCUT2D eigenvalue weighted by Crippen LogP contribution is -2.46. The van der Waals surface area contributed by atoms with E-state index in [2.05, 4.69) is 0 Å². The summed E-state index contributed by atoms with van der Waals surface area (Å²) >= 11 is 0. The van der Waals surface area contributed by atoms with Gasteiger partial charge in [-0.2, -0.15) is 0 Å². The van der Waals surface area contributed by atoms with Crippen LogP contribution in [0.15, 0.2) is 0 Å². The van der Waals surface area contributed by atoms with Crippen LogP contribution in [0.2, 0.25) is 0 Å². The summed E-state index contributed by atoms with van der Waals surface area (Å²) in [6, 6.07) is 0.0250. The molecule has 1 fully saturated rings. The molecule has 0 aromatic carbocycles. The van der Waals surface area contributed by atoms with Gasteiger partial charge >= 0.3 is 0 Å². The zero-order chi connectivity index (χ0) is 10.6. The molecule has 1 amide bonds. The molecular formula is C11H19NO2. The van der Waals surface area contributed by atoms with E-state index in [0.29, 0.717) is 6.04 Å². The van der Waals surface area contributed by atoms with Gasteiger partial charge in [0.05, 0.1) is 6.04 Å². The van der Waals surface area contributed by atoms with Crippen molar-refractivity contribution in [3.05, 3.63) is 0 Å². The Morgan fingerprint density at radius 2 is 1.93 bits per heavy atom. The topological polar surface area (TPSA) is 37.4 Å². The van der Waals surface area contributed by atoms with E-state index in [1.807, 2.05) is 0 Å². The van der Waals surface area contributed by atoms with Gasteiger partial charge in [-0.3, -0.25) is 4.79 Å². The number of nitrogens with zero attached hydrogens (tertiary/aromatic N) is 1. The highest BCUT2D eigenvalue weighted by Crippen LogP contribution is 2.23. The van der Waals surface area contributed by atoms with E-state index in [9.17, 15) is 9.59 Å². The molecule has 0 radical (unpaired) electrons. The van der Waals surface area contributed by atoms with Crippen LogP contribution in [-0.4, -0.2) is 29.2 Å². The van der Waals surface area contributed by atoms with Crippen LogP contribution in [0, 0.1) is 0 Å². The average Bonchev–Trinajstić information content (AvgIpc) is 2.19. The number of carbonyl (C=O) groups is 2. The van der Waals surface area contributed by atoms with Crippen LogP contribution < -0.4 is 0 Å². The van der Waals surface area contributed by atoms with Gasteiger partial charge in [0.1, 0.15) is 6.29 Å². The number of amides is 1. The number of aldehydes is 1. The normalized spacial score (nSPS) is 20.1. The molecule has 80 valence electrons. The van der Waals surface area contributed by atoms with Gasteiger partial charge < -0.3 is 9.69 Å². The fraction of sp³-hybridized carbons (Fsp3) is 0.818. The molecule has 1 aliphatic rings. The number of hydrogen-bond acceptors (Lipinski definition) is 2. The first-order chi connectivity index (χ1) is 6.66. The Hall–Kier alpha value is -0.860. The van der Waals surface area contributed by atoms with Crippen molar-refractivity contribution in [3.8, 4) is 0 Å². The molecular weight excluding hydrogens is 178 g/mol.